The summed E-state index contributed by atoms with van der Waals surface area (Å²) in [6.45, 7) is 0.683. The van der Waals surface area contributed by atoms with Gasteiger partial charge in [0.05, 0.1) is 22.2 Å². The number of rotatable bonds is 3. The Morgan fingerprint density at radius 1 is 1.38 bits per heavy atom. The Balaban J connectivity index is 1.84. The topological polar surface area (TPSA) is 68.1 Å². The molecule has 1 fully saturated rings. The molecule has 1 aliphatic rings. The lowest BCUT2D eigenvalue weighted by molar-refractivity contribution is 0.428. The van der Waals surface area contributed by atoms with E-state index in [0.29, 0.717) is 19.5 Å². The summed E-state index contributed by atoms with van der Waals surface area (Å²) in [4.78, 5) is -0.00635. The predicted octanol–water partition coefficient (Wildman–Crippen LogP) is 1.71. The largest absolute Gasteiger partial charge is 0.248 e. The van der Waals surface area contributed by atoms with Gasteiger partial charge >= 0.3 is 0 Å². The molecule has 0 saturated carbocycles. The van der Waals surface area contributed by atoms with Crippen LogP contribution in [-0.2, 0) is 10.0 Å². The minimum absolute atomic E-state index is 0.00635. The van der Waals surface area contributed by atoms with Crippen molar-refractivity contribution in [1.29, 1.82) is 0 Å². The van der Waals surface area contributed by atoms with Crippen LogP contribution in [0.2, 0.25) is 5.02 Å². The van der Waals surface area contributed by atoms with Gasteiger partial charge in [0.1, 0.15) is 5.82 Å². The van der Waals surface area contributed by atoms with E-state index in [4.69, 9.17) is 11.6 Å². The van der Waals surface area contributed by atoms with Crippen LogP contribution in [0.1, 0.15) is 12.5 Å². The average Bonchev–Trinajstić information content (AvgIpc) is 3.11. The lowest BCUT2D eigenvalue weighted by Crippen LogP contribution is -2.29. The number of hydrogen-bond acceptors (Lipinski definition) is 4. The molecular weight excluding hydrogens is 319 g/mol. The van der Waals surface area contributed by atoms with Crippen molar-refractivity contribution in [2.75, 3.05) is 13.1 Å². The van der Waals surface area contributed by atoms with E-state index in [-0.39, 0.29) is 16.0 Å². The molecule has 0 N–H and O–H groups in total. The molecule has 9 heteroatoms. The van der Waals surface area contributed by atoms with Crippen molar-refractivity contribution < 1.29 is 12.8 Å². The number of halogens is 2. The van der Waals surface area contributed by atoms with Crippen LogP contribution in [0.5, 0.6) is 0 Å². The molecule has 1 aliphatic heterocycles. The van der Waals surface area contributed by atoms with Gasteiger partial charge in [-0.15, -0.1) is 5.10 Å². The second kappa shape index (κ2) is 5.36. The monoisotopic (exact) mass is 330 g/mol. The van der Waals surface area contributed by atoms with Gasteiger partial charge in [-0.25, -0.2) is 17.5 Å². The zero-order valence-electron chi connectivity index (χ0n) is 10.9. The second-order valence-electron chi connectivity index (χ2n) is 4.76. The van der Waals surface area contributed by atoms with Crippen LogP contribution in [0.25, 0.3) is 0 Å². The fourth-order valence-corrected chi connectivity index (χ4v) is 4.11. The molecule has 6 nitrogen and oxygen atoms in total. The normalized spacial score (nSPS) is 20.0. The SMILES string of the molecule is O=S(=O)(c1ccc(F)c(Cl)c1)N1CC[C@@H](n2ccnn2)C1. The molecule has 3 rings (SSSR count). The lowest BCUT2D eigenvalue weighted by atomic mass is 10.3. The van der Waals surface area contributed by atoms with Gasteiger partial charge in [-0.05, 0) is 24.6 Å². The first-order valence-corrected chi connectivity index (χ1v) is 8.11. The fraction of sp³-hybridized carbons (Fsp3) is 0.333. The van der Waals surface area contributed by atoms with Gasteiger partial charge in [-0.2, -0.15) is 4.31 Å². The van der Waals surface area contributed by atoms with Crippen molar-refractivity contribution in [2.45, 2.75) is 17.4 Å². The molecule has 112 valence electrons. The summed E-state index contributed by atoms with van der Waals surface area (Å²) in [7, 11) is -3.68. The molecule has 0 bridgehead atoms. The molecule has 2 heterocycles. The van der Waals surface area contributed by atoms with E-state index < -0.39 is 15.8 Å². The lowest BCUT2D eigenvalue weighted by Gasteiger charge is -2.16. The number of nitrogens with zero attached hydrogens (tertiary/aromatic N) is 4. The van der Waals surface area contributed by atoms with Gasteiger partial charge in [-0.3, -0.25) is 0 Å². The Kier molecular flexibility index (Phi) is 3.68. The maximum absolute atomic E-state index is 13.2. The first kappa shape index (κ1) is 14.4. The molecule has 1 saturated heterocycles. The fourth-order valence-electron chi connectivity index (χ4n) is 2.34. The van der Waals surface area contributed by atoms with Crippen molar-refractivity contribution in [1.82, 2.24) is 19.3 Å². The summed E-state index contributed by atoms with van der Waals surface area (Å²) in [5.41, 5.74) is 0. The predicted molar refractivity (Wildman–Crippen MR) is 73.8 cm³/mol. The summed E-state index contributed by atoms with van der Waals surface area (Å²) in [6.07, 6.45) is 3.91. The maximum atomic E-state index is 13.2. The van der Waals surface area contributed by atoms with Crippen molar-refractivity contribution in [3.8, 4) is 0 Å². The molecule has 0 radical (unpaired) electrons. The highest BCUT2D eigenvalue weighted by molar-refractivity contribution is 7.89. The Labute approximate surface area is 126 Å². The van der Waals surface area contributed by atoms with Gasteiger partial charge in [0.25, 0.3) is 0 Å². The van der Waals surface area contributed by atoms with Gasteiger partial charge in [0.2, 0.25) is 10.0 Å². The van der Waals surface area contributed by atoms with Crippen LogP contribution in [-0.4, -0.2) is 40.8 Å². The molecule has 1 aromatic carbocycles. The highest BCUT2D eigenvalue weighted by Crippen LogP contribution is 2.28. The summed E-state index contributed by atoms with van der Waals surface area (Å²) in [6, 6.07) is 3.37. The third-order valence-electron chi connectivity index (χ3n) is 3.47. The van der Waals surface area contributed by atoms with Crippen LogP contribution in [0, 0.1) is 5.82 Å². The molecule has 0 amide bonds. The minimum Gasteiger partial charge on any atom is -0.248 e. The van der Waals surface area contributed by atoms with Crippen molar-refractivity contribution >= 4 is 21.6 Å². The molecule has 0 spiro atoms. The van der Waals surface area contributed by atoms with Gasteiger partial charge in [0, 0.05) is 19.3 Å². The number of benzene rings is 1. The highest BCUT2D eigenvalue weighted by atomic mass is 35.5. The quantitative estimate of drug-likeness (QED) is 0.859. The van der Waals surface area contributed by atoms with E-state index in [1.807, 2.05) is 0 Å². The molecule has 0 aliphatic carbocycles. The second-order valence-corrected chi connectivity index (χ2v) is 7.11. The standard InChI is InChI=1S/C12H12ClFN4O2S/c13-11-7-10(1-2-12(11)14)21(19,20)17-5-3-9(8-17)18-6-4-15-16-18/h1-2,4,6-7,9H,3,5,8H2/t9-/m1/s1. The van der Waals surface area contributed by atoms with E-state index in [0.717, 1.165) is 12.1 Å². The van der Waals surface area contributed by atoms with Gasteiger partial charge in [-0.1, -0.05) is 16.8 Å². The number of aromatic nitrogens is 3. The van der Waals surface area contributed by atoms with E-state index in [1.165, 1.54) is 10.4 Å². The Morgan fingerprint density at radius 2 is 2.19 bits per heavy atom. The molecule has 1 aromatic heterocycles. The van der Waals surface area contributed by atoms with Crippen LogP contribution >= 0.6 is 11.6 Å². The van der Waals surface area contributed by atoms with Gasteiger partial charge < -0.3 is 0 Å². The molecule has 2 aromatic rings. The Hall–Kier alpha value is -1.51. The van der Waals surface area contributed by atoms with Crippen molar-refractivity contribution in [3.63, 3.8) is 0 Å². The molecule has 0 unspecified atom stereocenters. The van der Waals surface area contributed by atoms with E-state index in [1.54, 1.807) is 17.1 Å². The van der Waals surface area contributed by atoms with Crippen molar-refractivity contribution in [3.05, 3.63) is 41.4 Å². The van der Waals surface area contributed by atoms with E-state index >= 15 is 0 Å². The summed E-state index contributed by atoms with van der Waals surface area (Å²) in [5, 5.41) is 7.40. The van der Waals surface area contributed by atoms with Crippen LogP contribution in [0.4, 0.5) is 4.39 Å². The smallest absolute Gasteiger partial charge is 0.243 e. The van der Waals surface area contributed by atoms with Crippen LogP contribution in [0.15, 0.2) is 35.5 Å². The first-order chi connectivity index (χ1) is 9.98. The molecular formula is C12H12ClFN4O2S. The molecule has 21 heavy (non-hydrogen) atoms. The van der Waals surface area contributed by atoms with Crippen molar-refractivity contribution in [2.24, 2.45) is 0 Å². The minimum atomic E-state index is -3.68. The third-order valence-corrected chi connectivity index (χ3v) is 5.62. The van der Waals surface area contributed by atoms with E-state index in [2.05, 4.69) is 10.3 Å². The molecule has 1 atom stereocenters. The van der Waals surface area contributed by atoms with E-state index in [9.17, 15) is 12.8 Å². The summed E-state index contributed by atoms with van der Waals surface area (Å²) >= 11 is 5.66. The van der Waals surface area contributed by atoms with Gasteiger partial charge in [0.15, 0.2) is 0 Å². The van der Waals surface area contributed by atoms with Crippen LogP contribution in [0.3, 0.4) is 0 Å². The zero-order chi connectivity index (χ0) is 15.0. The zero-order valence-corrected chi connectivity index (χ0v) is 12.4. The third kappa shape index (κ3) is 2.66. The summed E-state index contributed by atoms with van der Waals surface area (Å²) in [5.74, 6) is -0.641. The maximum Gasteiger partial charge on any atom is 0.243 e. The average molecular weight is 331 g/mol. The number of sulfonamides is 1. The first-order valence-electron chi connectivity index (χ1n) is 6.29. The Morgan fingerprint density at radius 3 is 2.86 bits per heavy atom. The summed E-state index contributed by atoms with van der Waals surface area (Å²) < 4.78 is 41.2. The van der Waals surface area contributed by atoms with Crippen LogP contribution < -0.4 is 0 Å². The Bertz CT molecular complexity index is 751. The number of hydrogen-bond donors (Lipinski definition) is 0. The highest BCUT2D eigenvalue weighted by Gasteiger charge is 2.33.